The van der Waals surface area contributed by atoms with Gasteiger partial charge in [-0.05, 0) is 24.3 Å². The summed E-state index contributed by atoms with van der Waals surface area (Å²) in [6.07, 6.45) is 0. The number of nitrogens with one attached hydrogen (secondary N) is 2. The van der Waals surface area contributed by atoms with Gasteiger partial charge in [-0.2, -0.15) is 0 Å². The number of nitrogens with two attached hydrogens (primary N) is 2. The van der Waals surface area contributed by atoms with Gasteiger partial charge in [0.2, 0.25) is 11.6 Å². The molecule has 0 radical (unpaired) electrons. The van der Waals surface area contributed by atoms with Crippen LogP contribution in [0.1, 0.15) is 30.5 Å². The van der Waals surface area contributed by atoms with Gasteiger partial charge in [-0.15, -0.1) is 0 Å². The fraction of sp³-hybridized carbons (Fsp3) is 0. The third-order valence-corrected chi connectivity index (χ3v) is 7.15. The van der Waals surface area contributed by atoms with E-state index in [9.17, 15) is 9.59 Å². The molecule has 2 heterocycles. The van der Waals surface area contributed by atoms with Crippen LogP contribution in [0, 0.1) is 0 Å². The molecule has 10 heteroatoms. The fourth-order valence-electron chi connectivity index (χ4n) is 3.42. The maximum atomic E-state index is 13.1. The third-order valence-electron chi connectivity index (χ3n) is 5.18. The highest BCUT2D eigenvalue weighted by atomic mass is 32.1. The summed E-state index contributed by atoms with van der Waals surface area (Å²) < 4.78 is 0. The summed E-state index contributed by atoms with van der Waals surface area (Å²) in [5.41, 5.74) is 14.5. The monoisotopic (exact) mass is 512 g/mol. The molecule has 0 saturated heterocycles. The molecule has 0 atom stereocenters. The molecule has 5 aromatic rings. The van der Waals surface area contributed by atoms with E-state index in [4.69, 9.17) is 11.5 Å². The van der Waals surface area contributed by atoms with Crippen molar-refractivity contribution in [3.05, 3.63) is 106 Å². The van der Waals surface area contributed by atoms with E-state index in [2.05, 4.69) is 20.6 Å². The normalized spacial score (nSPS) is 10.7. The molecule has 0 fully saturated rings. The molecule has 0 saturated carbocycles. The summed E-state index contributed by atoms with van der Waals surface area (Å²) in [6, 6.07) is 25.4. The first-order chi connectivity index (χ1) is 17.5. The maximum Gasteiger partial charge on any atom is 0.206 e. The van der Waals surface area contributed by atoms with E-state index in [1.165, 1.54) is 22.7 Å². The van der Waals surface area contributed by atoms with Crippen LogP contribution in [0.25, 0.3) is 0 Å². The van der Waals surface area contributed by atoms with Crippen LogP contribution in [-0.4, -0.2) is 21.5 Å². The van der Waals surface area contributed by atoms with Crippen LogP contribution in [0.3, 0.4) is 0 Å². The number of hydrogen-bond acceptors (Lipinski definition) is 10. The molecule has 0 aliphatic heterocycles. The Morgan fingerprint density at radius 3 is 1.31 bits per heavy atom. The molecule has 0 spiro atoms. The molecular formula is C26H20N6O2S2. The number of hydrogen-bond donors (Lipinski definition) is 4. The first-order valence-corrected chi connectivity index (χ1v) is 12.5. The predicted octanol–water partition coefficient (Wildman–Crippen LogP) is 5.71. The number of thiazole rings is 2. The van der Waals surface area contributed by atoms with Crippen LogP contribution >= 0.6 is 22.7 Å². The van der Waals surface area contributed by atoms with Crippen molar-refractivity contribution >= 4 is 67.5 Å². The van der Waals surface area contributed by atoms with Gasteiger partial charge in [0.15, 0.2) is 10.3 Å². The topological polar surface area (TPSA) is 136 Å². The minimum Gasteiger partial charge on any atom is -0.382 e. The average Bonchev–Trinajstić information content (AvgIpc) is 3.45. The third kappa shape index (κ3) is 4.95. The van der Waals surface area contributed by atoms with Gasteiger partial charge in [-0.25, -0.2) is 9.97 Å². The lowest BCUT2D eigenvalue weighted by atomic mass is 10.0. The van der Waals surface area contributed by atoms with E-state index in [1.54, 1.807) is 24.3 Å². The largest absolute Gasteiger partial charge is 0.382 e. The first kappa shape index (κ1) is 23.2. The van der Waals surface area contributed by atoms with Crippen molar-refractivity contribution in [3.63, 3.8) is 0 Å². The molecule has 5 rings (SSSR count). The molecule has 0 aliphatic carbocycles. The number of rotatable bonds is 8. The maximum absolute atomic E-state index is 13.1. The molecule has 178 valence electrons. The van der Waals surface area contributed by atoms with Gasteiger partial charge in [0.25, 0.3) is 0 Å². The molecule has 3 aromatic carbocycles. The highest BCUT2D eigenvalue weighted by Gasteiger charge is 2.21. The Kier molecular flexibility index (Phi) is 6.44. The summed E-state index contributed by atoms with van der Waals surface area (Å²) >= 11 is 2.35. The van der Waals surface area contributed by atoms with Crippen LogP contribution in [0.5, 0.6) is 0 Å². The molecule has 2 aromatic heterocycles. The standard InChI is InChI=1S/C26H20N6O2S2/c27-23-21(35-25(31-23)29-17-7-3-1-4-8-17)19(33)15-11-13-16(14-12-15)20(34)22-24(28)32-26(36-22)30-18-9-5-2-6-10-18/h1-14H,27-28H2,(H,29,31)(H,30,32). The van der Waals surface area contributed by atoms with Gasteiger partial charge in [0, 0.05) is 22.5 Å². The molecule has 6 N–H and O–H groups in total. The highest BCUT2D eigenvalue weighted by molar-refractivity contribution is 7.18. The van der Waals surface area contributed by atoms with Crippen molar-refractivity contribution in [2.75, 3.05) is 22.1 Å². The fourth-order valence-corrected chi connectivity index (χ4v) is 5.16. The Morgan fingerprint density at radius 2 is 0.944 bits per heavy atom. The van der Waals surface area contributed by atoms with Gasteiger partial charge in [-0.1, -0.05) is 83.3 Å². The molecule has 36 heavy (non-hydrogen) atoms. The quantitative estimate of drug-likeness (QED) is 0.194. The summed E-state index contributed by atoms with van der Waals surface area (Å²) in [5, 5.41) is 7.34. The number of carbonyl (C=O) groups excluding carboxylic acids is 2. The van der Waals surface area contributed by atoms with Crippen molar-refractivity contribution in [3.8, 4) is 0 Å². The van der Waals surface area contributed by atoms with Gasteiger partial charge in [0.1, 0.15) is 21.4 Å². The van der Waals surface area contributed by atoms with Crippen molar-refractivity contribution in [2.24, 2.45) is 0 Å². The second-order valence-electron chi connectivity index (χ2n) is 7.68. The Morgan fingerprint density at radius 1 is 0.583 bits per heavy atom. The highest BCUT2D eigenvalue weighted by Crippen LogP contribution is 2.31. The summed E-state index contributed by atoms with van der Waals surface area (Å²) in [4.78, 5) is 35.3. The predicted molar refractivity (Wildman–Crippen MR) is 146 cm³/mol. The smallest absolute Gasteiger partial charge is 0.206 e. The number of carbonyl (C=O) groups is 2. The Bertz CT molecular complexity index is 1410. The second-order valence-corrected chi connectivity index (χ2v) is 9.68. The van der Waals surface area contributed by atoms with Crippen LogP contribution in [-0.2, 0) is 0 Å². The van der Waals surface area contributed by atoms with E-state index in [-0.39, 0.29) is 23.2 Å². The van der Waals surface area contributed by atoms with E-state index < -0.39 is 0 Å². The molecular weight excluding hydrogens is 492 g/mol. The van der Waals surface area contributed by atoms with Crippen LogP contribution in [0.4, 0.5) is 33.3 Å². The second kappa shape index (κ2) is 9.98. The lowest BCUT2D eigenvalue weighted by Crippen LogP contribution is -2.05. The number of ketones is 2. The summed E-state index contributed by atoms with van der Waals surface area (Å²) in [5.74, 6) is -0.229. The average molecular weight is 513 g/mol. The molecule has 0 unspecified atom stereocenters. The minimum atomic E-state index is -0.267. The van der Waals surface area contributed by atoms with E-state index >= 15 is 0 Å². The number of nitrogen functional groups attached to an aromatic ring is 2. The lowest BCUT2D eigenvalue weighted by molar-refractivity contribution is 0.103. The van der Waals surface area contributed by atoms with Crippen molar-refractivity contribution < 1.29 is 9.59 Å². The summed E-state index contributed by atoms with van der Waals surface area (Å²) in [7, 11) is 0. The molecule has 0 bridgehead atoms. The van der Waals surface area contributed by atoms with Crippen LogP contribution < -0.4 is 22.1 Å². The Labute approximate surface area is 214 Å². The molecule has 0 amide bonds. The van der Waals surface area contributed by atoms with Crippen molar-refractivity contribution in [1.29, 1.82) is 0 Å². The number of anilines is 6. The zero-order valence-electron chi connectivity index (χ0n) is 18.8. The first-order valence-electron chi connectivity index (χ1n) is 10.8. The van der Waals surface area contributed by atoms with Crippen molar-refractivity contribution in [2.45, 2.75) is 0 Å². The van der Waals surface area contributed by atoms with Crippen LogP contribution in [0.2, 0.25) is 0 Å². The summed E-state index contributed by atoms with van der Waals surface area (Å²) in [6.45, 7) is 0. The zero-order chi connectivity index (χ0) is 25.1. The number of nitrogens with zero attached hydrogens (tertiary/aromatic N) is 2. The van der Waals surface area contributed by atoms with Crippen molar-refractivity contribution in [1.82, 2.24) is 9.97 Å². The van der Waals surface area contributed by atoms with Gasteiger partial charge in [-0.3, -0.25) is 9.59 Å². The van der Waals surface area contributed by atoms with Gasteiger partial charge in [0.05, 0.1) is 0 Å². The Balaban J connectivity index is 1.31. The lowest BCUT2D eigenvalue weighted by Gasteiger charge is -2.02. The number of aromatic nitrogens is 2. The van der Waals surface area contributed by atoms with Gasteiger partial charge < -0.3 is 22.1 Å². The van der Waals surface area contributed by atoms with E-state index in [0.717, 1.165) is 11.4 Å². The van der Waals surface area contributed by atoms with Gasteiger partial charge >= 0.3 is 0 Å². The number of benzene rings is 3. The number of para-hydroxylation sites is 2. The van der Waals surface area contributed by atoms with Crippen LogP contribution in [0.15, 0.2) is 84.9 Å². The zero-order valence-corrected chi connectivity index (χ0v) is 20.4. The molecule has 0 aliphatic rings. The Hall–Kier alpha value is -4.54. The SMILES string of the molecule is Nc1nc(Nc2ccccc2)sc1C(=O)c1ccc(C(=O)c2sc(Nc3ccccc3)nc2N)cc1. The van der Waals surface area contributed by atoms with E-state index in [1.807, 2.05) is 60.7 Å². The minimum absolute atomic E-state index is 0.152. The van der Waals surface area contributed by atoms with E-state index in [0.29, 0.717) is 31.1 Å². The molecule has 8 nitrogen and oxygen atoms in total.